The van der Waals surface area contributed by atoms with Crippen molar-refractivity contribution < 1.29 is 4.79 Å². The van der Waals surface area contributed by atoms with Crippen LogP contribution in [-0.4, -0.2) is 17.4 Å². The number of pyridine rings is 1. The number of hydrogen-bond donors (Lipinski definition) is 2. The summed E-state index contributed by atoms with van der Waals surface area (Å²) >= 11 is 5.94. The standard InChI is InChI=1S/C10H12ClN3O/c11-8-3-7(9(12)15)5-14-10(8)13-4-6-1-2-6/h3,5-6H,1-2,4H2,(H2,12,15)(H,13,14). The van der Waals surface area contributed by atoms with Crippen LogP contribution in [0.15, 0.2) is 12.3 Å². The van der Waals surface area contributed by atoms with Gasteiger partial charge in [-0.1, -0.05) is 11.6 Å². The van der Waals surface area contributed by atoms with E-state index in [1.54, 1.807) is 0 Å². The van der Waals surface area contributed by atoms with Gasteiger partial charge in [-0.05, 0) is 24.8 Å². The van der Waals surface area contributed by atoms with Gasteiger partial charge in [-0.15, -0.1) is 0 Å². The summed E-state index contributed by atoms with van der Waals surface area (Å²) in [6, 6.07) is 1.53. The maximum atomic E-state index is 10.8. The van der Waals surface area contributed by atoms with Crippen LogP contribution in [0.2, 0.25) is 5.02 Å². The summed E-state index contributed by atoms with van der Waals surface area (Å²) in [5, 5.41) is 3.58. The summed E-state index contributed by atoms with van der Waals surface area (Å²) in [7, 11) is 0. The molecular formula is C10H12ClN3O. The summed E-state index contributed by atoms with van der Waals surface area (Å²) < 4.78 is 0. The van der Waals surface area contributed by atoms with Gasteiger partial charge < -0.3 is 11.1 Å². The average Bonchev–Trinajstić information content (AvgIpc) is 2.99. The molecule has 0 unspecified atom stereocenters. The number of nitrogens with one attached hydrogen (secondary N) is 1. The second-order valence-electron chi connectivity index (χ2n) is 3.74. The molecule has 2 rings (SSSR count). The minimum atomic E-state index is -0.516. The molecule has 1 aromatic heterocycles. The lowest BCUT2D eigenvalue weighted by Crippen LogP contribution is -2.12. The maximum absolute atomic E-state index is 10.8. The predicted molar refractivity (Wildman–Crippen MR) is 59.0 cm³/mol. The molecule has 0 radical (unpaired) electrons. The zero-order chi connectivity index (χ0) is 10.8. The van der Waals surface area contributed by atoms with Gasteiger partial charge in [0, 0.05) is 12.7 Å². The fraction of sp³-hybridized carbons (Fsp3) is 0.400. The normalized spacial score (nSPS) is 15.0. The number of primary amides is 1. The van der Waals surface area contributed by atoms with E-state index in [1.165, 1.54) is 25.1 Å². The Morgan fingerprint density at radius 2 is 2.40 bits per heavy atom. The lowest BCUT2D eigenvalue weighted by Gasteiger charge is -2.06. The van der Waals surface area contributed by atoms with Crippen LogP contribution in [0.4, 0.5) is 5.82 Å². The summed E-state index contributed by atoms with van der Waals surface area (Å²) in [4.78, 5) is 14.9. The first-order valence-electron chi connectivity index (χ1n) is 4.86. The molecule has 0 bridgehead atoms. The summed E-state index contributed by atoms with van der Waals surface area (Å²) in [6.45, 7) is 0.892. The highest BCUT2D eigenvalue weighted by Crippen LogP contribution is 2.29. The SMILES string of the molecule is NC(=O)c1cnc(NCC2CC2)c(Cl)c1. The molecule has 1 aliphatic carbocycles. The van der Waals surface area contributed by atoms with Crippen molar-refractivity contribution in [3.8, 4) is 0 Å². The third-order valence-corrected chi connectivity index (χ3v) is 2.67. The number of nitrogens with two attached hydrogens (primary N) is 1. The van der Waals surface area contributed by atoms with Crippen molar-refractivity contribution in [3.63, 3.8) is 0 Å². The quantitative estimate of drug-likeness (QED) is 0.819. The van der Waals surface area contributed by atoms with E-state index in [1.807, 2.05) is 0 Å². The number of nitrogens with zero attached hydrogens (tertiary/aromatic N) is 1. The topological polar surface area (TPSA) is 68.0 Å². The van der Waals surface area contributed by atoms with Crippen LogP contribution in [0.5, 0.6) is 0 Å². The molecular weight excluding hydrogens is 214 g/mol. The van der Waals surface area contributed by atoms with Gasteiger partial charge in [0.1, 0.15) is 5.82 Å². The summed E-state index contributed by atoms with van der Waals surface area (Å²) in [6.07, 6.45) is 3.97. The predicted octanol–water partition coefficient (Wildman–Crippen LogP) is 1.66. The van der Waals surface area contributed by atoms with Gasteiger partial charge in [-0.25, -0.2) is 4.98 Å². The van der Waals surface area contributed by atoms with Crippen molar-refractivity contribution in [2.24, 2.45) is 11.7 Å². The fourth-order valence-corrected chi connectivity index (χ4v) is 1.50. The molecule has 0 atom stereocenters. The second kappa shape index (κ2) is 4.06. The number of rotatable bonds is 4. The first-order chi connectivity index (χ1) is 7.16. The van der Waals surface area contributed by atoms with Crippen LogP contribution in [0.25, 0.3) is 0 Å². The number of hydrogen-bond acceptors (Lipinski definition) is 3. The molecule has 80 valence electrons. The van der Waals surface area contributed by atoms with Gasteiger partial charge >= 0.3 is 0 Å². The molecule has 0 saturated heterocycles. The molecule has 1 aromatic rings. The van der Waals surface area contributed by atoms with E-state index in [2.05, 4.69) is 10.3 Å². The van der Waals surface area contributed by atoms with Crippen molar-refractivity contribution in [3.05, 3.63) is 22.8 Å². The van der Waals surface area contributed by atoms with E-state index < -0.39 is 5.91 Å². The fourth-order valence-electron chi connectivity index (χ4n) is 1.27. The summed E-state index contributed by atoms with van der Waals surface area (Å²) in [5.74, 6) is 0.852. The molecule has 0 aromatic carbocycles. The lowest BCUT2D eigenvalue weighted by molar-refractivity contribution is 0.1000. The van der Waals surface area contributed by atoms with Gasteiger partial charge in [-0.3, -0.25) is 4.79 Å². The molecule has 3 N–H and O–H groups in total. The Balaban J connectivity index is 2.07. The van der Waals surface area contributed by atoms with Gasteiger partial charge in [0.05, 0.1) is 10.6 Å². The van der Waals surface area contributed by atoms with Crippen molar-refractivity contribution in [2.45, 2.75) is 12.8 Å². The van der Waals surface area contributed by atoms with Crippen LogP contribution < -0.4 is 11.1 Å². The van der Waals surface area contributed by atoms with Gasteiger partial charge in [-0.2, -0.15) is 0 Å². The molecule has 4 nitrogen and oxygen atoms in total. The van der Waals surface area contributed by atoms with Crippen LogP contribution in [-0.2, 0) is 0 Å². The first-order valence-corrected chi connectivity index (χ1v) is 5.24. The van der Waals surface area contributed by atoms with E-state index in [0.717, 1.165) is 12.5 Å². The highest BCUT2D eigenvalue weighted by molar-refractivity contribution is 6.33. The molecule has 5 heteroatoms. The van der Waals surface area contributed by atoms with Crippen molar-refractivity contribution >= 4 is 23.3 Å². The third-order valence-electron chi connectivity index (χ3n) is 2.38. The molecule has 1 aliphatic rings. The lowest BCUT2D eigenvalue weighted by atomic mass is 10.2. The van der Waals surface area contributed by atoms with Gasteiger partial charge in [0.2, 0.25) is 5.91 Å². The smallest absolute Gasteiger partial charge is 0.250 e. The number of carbonyl (C=O) groups is 1. The van der Waals surface area contributed by atoms with E-state index in [9.17, 15) is 4.79 Å². The minimum absolute atomic E-state index is 0.331. The Morgan fingerprint density at radius 3 is 2.93 bits per heavy atom. The summed E-state index contributed by atoms with van der Waals surface area (Å²) in [5.41, 5.74) is 5.44. The number of carbonyl (C=O) groups excluding carboxylic acids is 1. The number of amides is 1. The molecule has 1 saturated carbocycles. The zero-order valence-electron chi connectivity index (χ0n) is 8.16. The molecule has 1 heterocycles. The Morgan fingerprint density at radius 1 is 1.67 bits per heavy atom. The van der Waals surface area contributed by atoms with Gasteiger partial charge in [0.25, 0.3) is 0 Å². The zero-order valence-corrected chi connectivity index (χ0v) is 8.92. The van der Waals surface area contributed by atoms with E-state index >= 15 is 0 Å². The Labute approximate surface area is 92.8 Å². The number of aromatic nitrogens is 1. The van der Waals surface area contributed by atoms with Gasteiger partial charge in [0.15, 0.2) is 0 Å². The highest BCUT2D eigenvalue weighted by Gasteiger charge is 2.21. The van der Waals surface area contributed by atoms with E-state index in [4.69, 9.17) is 17.3 Å². The molecule has 1 fully saturated rings. The third kappa shape index (κ3) is 2.59. The molecule has 0 spiro atoms. The second-order valence-corrected chi connectivity index (χ2v) is 4.15. The highest BCUT2D eigenvalue weighted by atomic mass is 35.5. The molecule has 15 heavy (non-hydrogen) atoms. The Kier molecular flexibility index (Phi) is 2.77. The van der Waals surface area contributed by atoms with Crippen molar-refractivity contribution in [2.75, 3.05) is 11.9 Å². The molecule has 0 aliphatic heterocycles. The minimum Gasteiger partial charge on any atom is -0.369 e. The first kappa shape index (κ1) is 10.2. The average molecular weight is 226 g/mol. The number of halogens is 1. The van der Waals surface area contributed by atoms with Crippen LogP contribution in [0.3, 0.4) is 0 Å². The van der Waals surface area contributed by atoms with Crippen molar-refractivity contribution in [1.29, 1.82) is 0 Å². The Bertz CT molecular complexity index is 390. The Hall–Kier alpha value is -1.29. The van der Waals surface area contributed by atoms with Crippen LogP contribution in [0.1, 0.15) is 23.2 Å². The van der Waals surface area contributed by atoms with E-state index in [0.29, 0.717) is 16.4 Å². The number of anilines is 1. The van der Waals surface area contributed by atoms with Crippen LogP contribution in [0, 0.1) is 5.92 Å². The van der Waals surface area contributed by atoms with E-state index in [-0.39, 0.29) is 0 Å². The van der Waals surface area contributed by atoms with Crippen molar-refractivity contribution in [1.82, 2.24) is 4.98 Å². The maximum Gasteiger partial charge on any atom is 0.250 e. The largest absolute Gasteiger partial charge is 0.369 e. The molecule has 1 amide bonds. The van der Waals surface area contributed by atoms with Crippen LogP contribution >= 0.6 is 11.6 Å². The monoisotopic (exact) mass is 225 g/mol.